The van der Waals surface area contributed by atoms with E-state index in [0.717, 1.165) is 20.9 Å². The molecule has 0 aliphatic carbocycles. The Morgan fingerprint density at radius 2 is 1.80 bits per heavy atom. The number of aromatic amines is 1. The Balaban J connectivity index is 1.35. The van der Waals surface area contributed by atoms with Crippen molar-refractivity contribution < 1.29 is 22.4 Å². The number of nitrogen functional groups attached to an aromatic ring is 1. The summed E-state index contributed by atoms with van der Waals surface area (Å²) in [6.07, 6.45) is 0.482. The molecule has 0 spiro atoms. The number of nitrogens with zero attached hydrogens (tertiary/aromatic N) is 5. The molecule has 1 aliphatic rings. The molecular weight excluding hydrogens is 597 g/mol. The molecule has 3 aromatic carbocycles. The number of ketones is 1. The van der Waals surface area contributed by atoms with E-state index in [1.165, 1.54) is 52.2 Å². The highest BCUT2D eigenvalue weighted by atomic mass is 32.2. The lowest BCUT2D eigenvalue weighted by atomic mass is 10.1. The van der Waals surface area contributed by atoms with Gasteiger partial charge in [0.2, 0.25) is 5.78 Å². The van der Waals surface area contributed by atoms with Crippen molar-refractivity contribution in [2.75, 3.05) is 18.8 Å². The van der Waals surface area contributed by atoms with Crippen LogP contribution in [0.15, 0.2) is 77.8 Å². The number of carbonyl (C=O) groups excluding carboxylic acids is 2. The van der Waals surface area contributed by atoms with Crippen LogP contribution in [0.4, 0.5) is 10.2 Å². The maximum atomic E-state index is 14.2. The Bertz CT molecular complexity index is 2270. The van der Waals surface area contributed by atoms with Crippen molar-refractivity contribution in [2.45, 2.75) is 31.3 Å². The third kappa shape index (κ3) is 4.75. The van der Waals surface area contributed by atoms with Gasteiger partial charge < -0.3 is 15.6 Å². The number of imidazole rings is 1. The maximum Gasteiger partial charge on any atom is 0.268 e. The van der Waals surface area contributed by atoms with Gasteiger partial charge in [-0.15, -0.1) is 0 Å². The summed E-state index contributed by atoms with van der Waals surface area (Å²) in [7, 11) is -4.29. The molecule has 11 nitrogen and oxygen atoms in total. The summed E-state index contributed by atoms with van der Waals surface area (Å²) in [5, 5.41) is 4.69. The lowest BCUT2D eigenvalue weighted by Gasteiger charge is -2.15. The summed E-state index contributed by atoms with van der Waals surface area (Å²) in [6.45, 7) is 3.97. The van der Waals surface area contributed by atoms with E-state index in [0.29, 0.717) is 23.1 Å². The number of halogens is 1. The van der Waals surface area contributed by atoms with Crippen LogP contribution in [-0.2, 0) is 10.0 Å². The number of fused-ring (bicyclic) bond motifs is 2. The second kappa shape index (κ2) is 10.4. The van der Waals surface area contributed by atoms with Crippen molar-refractivity contribution in [1.29, 1.82) is 0 Å². The Kier molecular flexibility index (Phi) is 6.58. The van der Waals surface area contributed by atoms with Crippen LogP contribution in [0.2, 0.25) is 0 Å². The average molecular weight is 626 g/mol. The Morgan fingerprint density at radius 1 is 1.02 bits per heavy atom. The molecule has 228 valence electrons. The number of alkyl halides is 1. The van der Waals surface area contributed by atoms with E-state index in [2.05, 4.69) is 15.1 Å². The second-order valence-corrected chi connectivity index (χ2v) is 13.0. The minimum Gasteiger partial charge on any atom is -0.383 e. The molecule has 1 fully saturated rings. The molecule has 0 unspecified atom stereocenters. The Morgan fingerprint density at radius 3 is 2.53 bits per heavy atom. The van der Waals surface area contributed by atoms with E-state index in [4.69, 9.17) is 5.73 Å². The number of rotatable bonds is 6. The van der Waals surface area contributed by atoms with Crippen molar-refractivity contribution >= 4 is 49.5 Å². The number of H-pyrrole nitrogens is 1. The standard InChI is InChI=1S/C32H28FN7O4S/c1-18-3-7-24(8-4-18)45(43,44)40-28-10-5-20(32(42)38-12-11-22(33)17-38)13-21(28)14-29(40)30(41)25-16-35-39(31(25)34)23-6-9-26-27(15-23)37-19(2)36-26/h3-10,13-16,22H,11-12,17,34H2,1-2H3,(H,36,37)/t22-/m0/s1. The summed E-state index contributed by atoms with van der Waals surface area (Å²) < 4.78 is 44.4. The highest BCUT2D eigenvalue weighted by molar-refractivity contribution is 7.90. The van der Waals surface area contributed by atoms with Gasteiger partial charge in [0.25, 0.3) is 15.9 Å². The average Bonchev–Trinajstić information content (AvgIpc) is 3.80. The normalized spacial score (nSPS) is 15.4. The van der Waals surface area contributed by atoms with Gasteiger partial charge in [0.05, 0.1) is 45.4 Å². The highest BCUT2D eigenvalue weighted by Crippen LogP contribution is 2.31. The summed E-state index contributed by atoms with van der Waals surface area (Å²) in [4.78, 5) is 36.3. The van der Waals surface area contributed by atoms with Crippen LogP contribution < -0.4 is 5.73 Å². The fourth-order valence-corrected chi connectivity index (χ4v) is 7.28. The monoisotopic (exact) mass is 625 g/mol. The first-order valence-electron chi connectivity index (χ1n) is 14.3. The number of carbonyl (C=O) groups is 2. The molecule has 45 heavy (non-hydrogen) atoms. The summed E-state index contributed by atoms with van der Waals surface area (Å²) >= 11 is 0. The first-order chi connectivity index (χ1) is 21.5. The molecule has 1 amide bonds. The number of hydrogen-bond donors (Lipinski definition) is 2. The first-order valence-corrected chi connectivity index (χ1v) is 15.7. The zero-order valence-electron chi connectivity index (χ0n) is 24.4. The van der Waals surface area contributed by atoms with Crippen LogP contribution in [0.3, 0.4) is 0 Å². The van der Waals surface area contributed by atoms with Crippen LogP contribution in [-0.4, -0.2) is 68.0 Å². The van der Waals surface area contributed by atoms with Crippen LogP contribution in [0.5, 0.6) is 0 Å². The van der Waals surface area contributed by atoms with Gasteiger partial charge in [-0.1, -0.05) is 17.7 Å². The minimum absolute atomic E-state index is 0.000618. The zero-order chi connectivity index (χ0) is 31.6. The lowest BCUT2D eigenvalue weighted by molar-refractivity contribution is 0.0782. The van der Waals surface area contributed by atoms with Crippen LogP contribution >= 0.6 is 0 Å². The Labute approximate surface area is 257 Å². The van der Waals surface area contributed by atoms with E-state index in [9.17, 15) is 22.4 Å². The molecule has 7 rings (SSSR count). The van der Waals surface area contributed by atoms with E-state index < -0.39 is 22.0 Å². The van der Waals surface area contributed by atoms with Crippen LogP contribution in [0.25, 0.3) is 27.6 Å². The van der Waals surface area contributed by atoms with Crippen molar-refractivity contribution in [1.82, 2.24) is 28.6 Å². The van der Waals surface area contributed by atoms with Gasteiger partial charge >= 0.3 is 0 Å². The molecular formula is C32H28FN7O4S. The molecule has 6 aromatic rings. The Hall–Kier alpha value is -5.30. The fourth-order valence-electron chi connectivity index (χ4n) is 5.77. The van der Waals surface area contributed by atoms with E-state index in [1.54, 1.807) is 24.3 Å². The number of benzene rings is 3. The van der Waals surface area contributed by atoms with Gasteiger partial charge in [-0.2, -0.15) is 5.10 Å². The number of nitrogens with one attached hydrogen (secondary N) is 1. The summed E-state index contributed by atoms with van der Waals surface area (Å²) in [6, 6.07) is 17.6. The number of aryl methyl sites for hydroxylation is 2. The number of nitrogens with two attached hydrogens (primary N) is 1. The molecule has 0 saturated carbocycles. The lowest BCUT2D eigenvalue weighted by Crippen LogP contribution is -2.28. The van der Waals surface area contributed by atoms with Gasteiger partial charge in [0.1, 0.15) is 23.5 Å². The van der Waals surface area contributed by atoms with E-state index >= 15 is 0 Å². The van der Waals surface area contributed by atoms with Crippen molar-refractivity contribution in [3.63, 3.8) is 0 Å². The molecule has 3 aromatic heterocycles. The zero-order valence-corrected chi connectivity index (χ0v) is 25.2. The molecule has 13 heteroatoms. The SMILES string of the molecule is Cc1ccc(S(=O)(=O)n2c(C(=O)c3cnn(-c4ccc5[nH]c(C)nc5c4)c3N)cc3cc(C(=O)N4CC[C@H](F)C4)ccc32)cc1. The fraction of sp³-hybridized carbons (Fsp3) is 0.188. The number of hydrogen-bond acceptors (Lipinski definition) is 7. The predicted octanol–water partition coefficient (Wildman–Crippen LogP) is 4.55. The van der Waals surface area contributed by atoms with Crippen molar-refractivity contribution in [2.24, 2.45) is 0 Å². The second-order valence-electron chi connectivity index (χ2n) is 11.2. The number of amides is 1. The van der Waals surface area contributed by atoms with Gasteiger partial charge in [0, 0.05) is 17.5 Å². The number of likely N-dealkylation sites (tertiary alicyclic amines) is 1. The van der Waals surface area contributed by atoms with Gasteiger partial charge in [-0.05, 0) is 74.9 Å². The van der Waals surface area contributed by atoms with Crippen LogP contribution in [0.1, 0.15) is 44.2 Å². The largest absolute Gasteiger partial charge is 0.383 e. The predicted molar refractivity (Wildman–Crippen MR) is 167 cm³/mol. The third-order valence-corrected chi connectivity index (χ3v) is 9.84. The van der Waals surface area contributed by atoms with Crippen molar-refractivity contribution in [3.8, 4) is 5.69 Å². The molecule has 0 bridgehead atoms. The topological polar surface area (TPSA) is 149 Å². The van der Waals surface area contributed by atoms with Gasteiger partial charge in [-0.3, -0.25) is 9.59 Å². The molecule has 1 atom stereocenters. The summed E-state index contributed by atoms with van der Waals surface area (Å²) in [5.41, 5.74) is 9.70. The highest BCUT2D eigenvalue weighted by Gasteiger charge is 2.31. The molecule has 1 aliphatic heterocycles. The smallest absolute Gasteiger partial charge is 0.268 e. The van der Waals surface area contributed by atoms with Gasteiger partial charge in [0.15, 0.2) is 0 Å². The first kappa shape index (κ1) is 28.5. The van der Waals surface area contributed by atoms with Crippen LogP contribution in [0, 0.1) is 13.8 Å². The molecule has 0 radical (unpaired) electrons. The molecule has 3 N–H and O–H groups in total. The minimum atomic E-state index is -4.29. The quantitative estimate of drug-likeness (QED) is 0.258. The maximum absolute atomic E-state index is 14.2. The summed E-state index contributed by atoms with van der Waals surface area (Å²) in [5.74, 6) is -0.281. The number of anilines is 1. The van der Waals surface area contributed by atoms with E-state index in [1.807, 2.05) is 19.9 Å². The number of aromatic nitrogens is 5. The van der Waals surface area contributed by atoms with Crippen molar-refractivity contribution in [3.05, 3.63) is 101 Å². The molecule has 1 saturated heterocycles. The van der Waals surface area contributed by atoms with E-state index in [-0.39, 0.29) is 51.9 Å². The van der Waals surface area contributed by atoms with Gasteiger partial charge in [-0.25, -0.2) is 26.4 Å². The third-order valence-electron chi connectivity index (χ3n) is 8.09. The molecule has 4 heterocycles.